The van der Waals surface area contributed by atoms with Crippen LogP contribution in [0.25, 0.3) is 0 Å². The first kappa shape index (κ1) is 21.0. The Morgan fingerprint density at radius 1 is 0.926 bits per heavy atom. The first-order valence-electron chi connectivity index (χ1n) is 9.14. The number of esters is 1. The van der Waals surface area contributed by atoms with Gasteiger partial charge in [0.1, 0.15) is 6.61 Å². The predicted molar refractivity (Wildman–Crippen MR) is 111 cm³/mol. The Labute approximate surface area is 165 Å². The molecular formula is C22H27NO3S. The summed E-state index contributed by atoms with van der Waals surface area (Å²) >= 11 is 1.53. The van der Waals surface area contributed by atoms with Gasteiger partial charge in [-0.2, -0.15) is 0 Å². The summed E-state index contributed by atoms with van der Waals surface area (Å²) in [6, 6.07) is 16.4. The Morgan fingerprint density at radius 2 is 1.52 bits per heavy atom. The van der Waals surface area contributed by atoms with Gasteiger partial charge in [0, 0.05) is 12.2 Å². The van der Waals surface area contributed by atoms with E-state index in [2.05, 4.69) is 36.5 Å². The molecule has 27 heavy (non-hydrogen) atoms. The van der Waals surface area contributed by atoms with Crippen LogP contribution in [0.5, 0.6) is 0 Å². The van der Waals surface area contributed by atoms with Crippen molar-refractivity contribution in [3.05, 3.63) is 70.8 Å². The maximum absolute atomic E-state index is 11.8. The van der Waals surface area contributed by atoms with Gasteiger partial charge in [-0.15, -0.1) is 11.8 Å². The molecule has 0 saturated heterocycles. The van der Waals surface area contributed by atoms with Crippen LogP contribution in [0.3, 0.4) is 0 Å². The first-order chi connectivity index (χ1) is 13.0. The molecule has 5 heteroatoms. The topological polar surface area (TPSA) is 55.4 Å². The molecule has 0 aliphatic rings. The Hall–Kier alpha value is -2.27. The number of carbonyl (C=O) groups excluding carboxylic acids is 2. The fraction of sp³-hybridized carbons (Fsp3) is 0.364. The predicted octanol–water partition coefficient (Wildman–Crippen LogP) is 3.83. The fourth-order valence-corrected chi connectivity index (χ4v) is 3.21. The molecule has 0 bridgehead atoms. The van der Waals surface area contributed by atoms with Gasteiger partial charge in [-0.1, -0.05) is 59.7 Å². The molecule has 0 aliphatic carbocycles. The molecule has 0 unspecified atom stereocenters. The number of benzene rings is 2. The summed E-state index contributed by atoms with van der Waals surface area (Å²) in [4.78, 5) is 23.5. The molecule has 0 aromatic heterocycles. The zero-order valence-electron chi connectivity index (χ0n) is 16.0. The van der Waals surface area contributed by atoms with Crippen molar-refractivity contribution in [1.29, 1.82) is 0 Å². The zero-order valence-corrected chi connectivity index (χ0v) is 16.8. The van der Waals surface area contributed by atoms with Crippen LogP contribution in [0, 0.1) is 13.8 Å². The van der Waals surface area contributed by atoms with Crippen LogP contribution in [0.15, 0.2) is 48.5 Å². The van der Waals surface area contributed by atoms with Gasteiger partial charge in [-0.05, 0) is 31.4 Å². The van der Waals surface area contributed by atoms with Crippen LogP contribution < -0.4 is 5.32 Å². The van der Waals surface area contributed by atoms with Gasteiger partial charge in [0.05, 0.1) is 12.3 Å². The SMILES string of the molecule is Cc1ccc(CCC(=O)NCCOC(=O)CSCc2ccc(C)cc2)cc1. The van der Waals surface area contributed by atoms with Crippen LogP contribution in [0.2, 0.25) is 0 Å². The summed E-state index contributed by atoms with van der Waals surface area (Å²) in [7, 11) is 0. The van der Waals surface area contributed by atoms with Gasteiger partial charge in [0.25, 0.3) is 0 Å². The highest BCUT2D eigenvalue weighted by molar-refractivity contribution is 7.99. The highest BCUT2D eigenvalue weighted by Gasteiger charge is 2.05. The molecule has 0 fully saturated rings. The van der Waals surface area contributed by atoms with Crippen molar-refractivity contribution in [2.75, 3.05) is 18.9 Å². The highest BCUT2D eigenvalue weighted by Crippen LogP contribution is 2.13. The minimum atomic E-state index is -0.249. The van der Waals surface area contributed by atoms with E-state index in [1.165, 1.54) is 28.5 Å². The molecule has 0 atom stereocenters. The van der Waals surface area contributed by atoms with Crippen LogP contribution in [0.1, 0.15) is 28.7 Å². The second kappa shape index (κ2) is 11.4. The number of nitrogens with one attached hydrogen (secondary N) is 1. The average Bonchev–Trinajstić information content (AvgIpc) is 2.66. The fourth-order valence-electron chi connectivity index (χ4n) is 2.43. The summed E-state index contributed by atoms with van der Waals surface area (Å²) < 4.78 is 5.15. The molecule has 1 amide bonds. The standard InChI is InChI=1S/C22H27NO3S/c1-17-3-7-19(8-4-17)11-12-21(24)23-13-14-26-22(25)16-27-15-20-9-5-18(2)6-10-20/h3-10H,11-16H2,1-2H3,(H,23,24). The van der Waals surface area contributed by atoms with Crippen LogP contribution >= 0.6 is 11.8 Å². The van der Waals surface area contributed by atoms with Crippen molar-refractivity contribution >= 4 is 23.6 Å². The zero-order chi connectivity index (χ0) is 19.5. The molecule has 0 saturated carbocycles. The lowest BCUT2D eigenvalue weighted by molar-refractivity contribution is -0.140. The first-order valence-corrected chi connectivity index (χ1v) is 10.3. The van der Waals surface area contributed by atoms with Crippen molar-refractivity contribution in [1.82, 2.24) is 5.32 Å². The molecule has 2 aromatic carbocycles. The molecule has 0 radical (unpaired) electrons. The maximum atomic E-state index is 11.8. The third-order valence-corrected chi connectivity index (χ3v) is 5.04. The lowest BCUT2D eigenvalue weighted by Gasteiger charge is -2.07. The van der Waals surface area contributed by atoms with Gasteiger partial charge in [-0.3, -0.25) is 9.59 Å². The summed E-state index contributed by atoms with van der Waals surface area (Å²) in [6.07, 6.45) is 1.14. The van der Waals surface area contributed by atoms with Gasteiger partial charge >= 0.3 is 5.97 Å². The van der Waals surface area contributed by atoms with Gasteiger partial charge in [0.15, 0.2) is 0 Å². The third-order valence-electron chi connectivity index (χ3n) is 4.06. The molecule has 0 heterocycles. The van der Waals surface area contributed by atoms with E-state index in [-0.39, 0.29) is 18.5 Å². The average molecular weight is 386 g/mol. The number of carbonyl (C=O) groups is 2. The minimum absolute atomic E-state index is 0.0274. The number of amides is 1. The number of ether oxygens (including phenoxy) is 1. The van der Waals surface area contributed by atoms with Crippen LogP contribution in [-0.2, 0) is 26.5 Å². The summed E-state index contributed by atoms with van der Waals surface area (Å²) in [5, 5.41) is 2.78. The van der Waals surface area contributed by atoms with Gasteiger partial charge in [0.2, 0.25) is 5.91 Å². The number of hydrogen-bond donors (Lipinski definition) is 1. The Kier molecular flexibility index (Phi) is 8.92. The molecule has 1 N–H and O–H groups in total. The molecule has 0 aliphatic heterocycles. The molecule has 4 nitrogen and oxygen atoms in total. The second-order valence-electron chi connectivity index (χ2n) is 6.53. The van der Waals surface area contributed by atoms with Crippen molar-refractivity contribution < 1.29 is 14.3 Å². The van der Waals surface area contributed by atoms with E-state index >= 15 is 0 Å². The minimum Gasteiger partial charge on any atom is -0.463 e. The molecule has 144 valence electrons. The lowest BCUT2D eigenvalue weighted by Crippen LogP contribution is -2.28. The van der Waals surface area contributed by atoms with E-state index in [0.29, 0.717) is 25.1 Å². The second-order valence-corrected chi connectivity index (χ2v) is 7.52. The number of aryl methyl sites for hydroxylation is 3. The Balaban J connectivity index is 1.51. The van der Waals surface area contributed by atoms with Gasteiger partial charge < -0.3 is 10.1 Å². The molecular weight excluding hydrogens is 358 g/mol. The van der Waals surface area contributed by atoms with Crippen molar-refractivity contribution in [2.24, 2.45) is 0 Å². The maximum Gasteiger partial charge on any atom is 0.315 e. The smallest absolute Gasteiger partial charge is 0.315 e. The largest absolute Gasteiger partial charge is 0.463 e. The quantitative estimate of drug-likeness (QED) is 0.499. The van der Waals surface area contributed by atoms with Crippen molar-refractivity contribution in [3.63, 3.8) is 0 Å². The van der Waals surface area contributed by atoms with E-state index in [1.54, 1.807) is 0 Å². The Morgan fingerprint density at radius 3 is 2.15 bits per heavy atom. The van der Waals surface area contributed by atoms with E-state index in [0.717, 1.165) is 11.3 Å². The Bertz CT molecular complexity index is 726. The van der Waals surface area contributed by atoms with E-state index in [9.17, 15) is 9.59 Å². The third kappa shape index (κ3) is 8.78. The molecule has 0 spiro atoms. The highest BCUT2D eigenvalue weighted by atomic mass is 32.2. The molecule has 2 rings (SSSR count). The lowest BCUT2D eigenvalue weighted by atomic mass is 10.1. The van der Waals surface area contributed by atoms with Crippen LogP contribution in [-0.4, -0.2) is 30.8 Å². The summed E-state index contributed by atoms with van der Waals surface area (Å²) in [5.41, 5.74) is 4.78. The van der Waals surface area contributed by atoms with Crippen LogP contribution in [0.4, 0.5) is 0 Å². The number of rotatable bonds is 10. The summed E-state index contributed by atoms with van der Waals surface area (Å²) in [6.45, 7) is 4.65. The van der Waals surface area contributed by atoms with Crippen molar-refractivity contribution in [2.45, 2.75) is 32.4 Å². The van der Waals surface area contributed by atoms with Gasteiger partial charge in [-0.25, -0.2) is 0 Å². The summed E-state index contributed by atoms with van der Waals surface area (Å²) in [5.74, 6) is 0.821. The van der Waals surface area contributed by atoms with Crippen molar-refractivity contribution in [3.8, 4) is 0 Å². The van der Waals surface area contributed by atoms with E-state index < -0.39 is 0 Å². The van der Waals surface area contributed by atoms with E-state index in [1.807, 2.05) is 31.2 Å². The van der Waals surface area contributed by atoms with E-state index in [4.69, 9.17) is 4.74 Å². The normalized spacial score (nSPS) is 10.4. The number of hydrogen-bond acceptors (Lipinski definition) is 4. The molecule has 2 aromatic rings. The number of thioether (sulfide) groups is 1. The monoisotopic (exact) mass is 385 g/mol.